The number of nitrogens with zero attached hydrogens (tertiary/aromatic N) is 6. The van der Waals surface area contributed by atoms with Crippen LogP contribution in [0.5, 0.6) is 0 Å². The van der Waals surface area contributed by atoms with E-state index in [1.54, 1.807) is 0 Å². The van der Waals surface area contributed by atoms with Crippen molar-refractivity contribution >= 4 is 16.0 Å². The summed E-state index contributed by atoms with van der Waals surface area (Å²) in [6, 6.07) is -0.953. The van der Waals surface area contributed by atoms with E-state index in [4.69, 9.17) is 0 Å². The van der Waals surface area contributed by atoms with Crippen LogP contribution in [0.2, 0.25) is 0 Å². The van der Waals surface area contributed by atoms with E-state index in [-0.39, 0.29) is 18.7 Å². The molecule has 130 valence electrons. The molecule has 1 unspecified atom stereocenters. The number of tetrazole rings is 1. The summed E-state index contributed by atoms with van der Waals surface area (Å²) in [5.74, 6) is -2.23. The molecule has 1 atom stereocenters. The zero-order valence-corrected chi connectivity index (χ0v) is 13.7. The van der Waals surface area contributed by atoms with Crippen LogP contribution in [-0.4, -0.2) is 70.3 Å². The zero-order chi connectivity index (χ0) is 16.7. The smallest absolute Gasteiger partial charge is 0.269 e. The lowest BCUT2D eigenvalue weighted by Gasteiger charge is -2.24. The standard InChI is InChI=1S/C12H20F2N6O2S/c1-10-12(13,14)4-8-19(10)11-15-16-17-20(11)7-2-5-18-6-3-9-23(18,21)22/h10H,2-9H2,1H3. The fourth-order valence-corrected chi connectivity index (χ4v) is 4.63. The zero-order valence-electron chi connectivity index (χ0n) is 12.9. The molecule has 0 saturated carbocycles. The third-order valence-electron chi connectivity index (χ3n) is 4.52. The maximum atomic E-state index is 13.7. The van der Waals surface area contributed by atoms with E-state index >= 15 is 0 Å². The Hall–Kier alpha value is -1.36. The summed E-state index contributed by atoms with van der Waals surface area (Å²) < 4.78 is 53.7. The molecule has 23 heavy (non-hydrogen) atoms. The number of hydrogen-bond acceptors (Lipinski definition) is 6. The van der Waals surface area contributed by atoms with Gasteiger partial charge in [-0.15, -0.1) is 0 Å². The second-order valence-corrected chi connectivity index (χ2v) is 8.09. The molecule has 1 aromatic heterocycles. The van der Waals surface area contributed by atoms with Gasteiger partial charge in [0.2, 0.25) is 16.0 Å². The maximum absolute atomic E-state index is 13.7. The summed E-state index contributed by atoms with van der Waals surface area (Å²) in [7, 11) is -3.12. The average molecular weight is 350 g/mol. The predicted molar refractivity (Wildman–Crippen MR) is 78.8 cm³/mol. The highest BCUT2D eigenvalue weighted by Gasteiger charge is 2.47. The van der Waals surface area contributed by atoms with Crippen LogP contribution in [0, 0.1) is 0 Å². The first kappa shape index (κ1) is 16.5. The van der Waals surface area contributed by atoms with Crippen LogP contribution in [-0.2, 0) is 16.6 Å². The van der Waals surface area contributed by atoms with Crippen molar-refractivity contribution in [3.05, 3.63) is 0 Å². The van der Waals surface area contributed by atoms with Gasteiger partial charge in [-0.3, -0.25) is 0 Å². The summed E-state index contributed by atoms with van der Waals surface area (Å²) in [6.45, 7) is 2.99. The number of anilines is 1. The number of sulfonamides is 1. The normalized spacial score (nSPS) is 26.9. The highest BCUT2D eigenvalue weighted by Crippen LogP contribution is 2.35. The lowest BCUT2D eigenvalue weighted by atomic mass is 10.2. The molecule has 0 bridgehead atoms. The average Bonchev–Trinajstić information content (AvgIpc) is 3.12. The van der Waals surface area contributed by atoms with E-state index in [1.807, 2.05) is 0 Å². The molecule has 2 aliphatic rings. The van der Waals surface area contributed by atoms with Gasteiger partial charge >= 0.3 is 0 Å². The largest absolute Gasteiger partial charge is 0.331 e. The molecule has 0 radical (unpaired) electrons. The van der Waals surface area contributed by atoms with Crippen molar-refractivity contribution in [1.29, 1.82) is 0 Å². The Balaban J connectivity index is 1.61. The van der Waals surface area contributed by atoms with Gasteiger partial charge in [0.1, 0.15) is 0 Å². The number of hydrogen-bond donors (Lipinski definition) is 0. The molecule has 0 N–H and O–H groups in total. The van der Waals surface area contributed by atoms with Crippen molar-refractivity contribution in [2.75, 3.05) is 30.3 Å². The molecule has 3 rings (SSSR count). The minimum Gasteiger partial charge on any atom is -0.331 e. The van der Waals surface area contributed by atoms with Crippen LogP contribution in [0.1, 0.15) is 26.2 Å². The molecule has 2 aliphatic heterocycles. The Labute approximate surface area is 133 Å². The van der Waals surface area contributed by atoms with Gasteiger partial charge in [0.15, 0.2) is 0 Å². The first-order valence-corrected chi connectivity index (χ1v) is 9.31. The van der Waals surface area contributed by atoms with E-state index in [9.17, 15) is 17.2 Å². The Kier molecular flexibility index (Phi) is 4.25. The lowest BCUT2D eigenvalue weighted by molar-refractivity contribution is -0.00201. The molecule has 0 amide bonds. The second-order valence-electron chi connectivity index (χ2n) is 6.00. The summed E-state index contributed by atoms with van der Waals surface area (Å²) in [5, 5.41) is 11.3. The van der Waals surface area contributed by atoms with Gasteiger partial charge in [-0.2, -0.15) is 0 Å². The van der Waals surface area contributed by atoms with Gasteiger partial charge in [-0.25, -0.2) is 26.2 Å². The van der Waals surface area contributed by atoms with Gasteiger partial charge in [0, 0.05) is 32.6 Å². The summed E-state index contributed by atoms with van der Waals surface area (Å²) >= 11 is 0. The van der Waals surface area contributed by atoms with Crippen LogP contribution in [0.15, 0.2) is 0 Å². The lowest BCUT2D eigenvalue weighted by Crippen LogP contribution is -2.38. The summed E-state index contributed by atoms with van der Waals surface area (Å²) in [5.41, 5.74) is 0. The number of aryl methyl sites for hydroxylation is 1. The molecule has 11 heteroatoms. The SMILES string of the molecule is CC1N(c2nnnn2CCCN2CCCS2(=O)=O)CCC1(F)F. The molecule has 8 nitrogen and oxygen atoms in total. The molecular formula is C12H20F2N6O2S. The highest BCUT2D eigenvalue weighted by molar-refractivity contribution is 7.89. The quantitative estimate of drug-likeness (QED) is 0.761. The van der Waals surface area contributed by atoms with E-state index in [1.165, 1.54) is 20.8 Å². The van der Waals surface area contributed by atoms with Crippen LogP contribution < -0.4 is 4.90 Å². The molecular weight excluding hydrogens is 330 g/mol. The molecule has 0 aromatic carbocycles. The van der Waals surface area contributed by atoms with Crippen LogP contribution >= 0.6 is 0 Å². The van der Waals surface area contributed by atoms with Crippen LogP contribution in [0.3, 0.4) is 0 Å². The Morgan fingerprint density at radius 3 is 2.70 bits per heavy atom. The minimum absolute atomic E-state index is 0.198. The van der Waals surface area contributed by atoms with Gasteiger partial charge in [0.05, 0.1) is 11.8 Å². The number of alkyl halides is 2. The van der Waals surface area contributed by atoms with E-state index in [0.29, 0.717) is 38.4 Å². The Morgan fingerprint density at radius 2 is 2.09 bits per heavy atom. The van der Waals surface area contributed by atoms with Gasteiger partial charge in [-0.1, -0.05) is 5.10 Å². The van der Waals surface area contributed by atoms with Crippen molar-refractivity contribution in [2.45, 2.75) is 44.7 Å². The molecule has 3 heterocycles. The third kappa shape index (κ3) is 3.16. The fraction of sp³-hybridized carbons (Fsp3) is 0.917. The monoisotopic (exact) mass is 350 g/mol. The Bertz CT molecular complexity index is 664. The van der Waals surface area contributed by atoms with Crippen molar-refractivity contribution in [3.63, 3.8) is 0 Å². The summed E-state index contributed by atoms with van der Waals surface area (Å²) in [4.78, 5) is 1.51. The molecule has 0 spiro atoms. The molecule has 1 aromatic rings. The number of rotatable bonds is 5. The second kappa shape index (κ2) is 5.93. The van der Waals surface area contributed by atoms with Crippen LogP contribution in [0.4, 0.5) is 14.7 Å². The predicted octanol–water partition coefficient (Wildman–Crippen LogP) is 0.333. The minimum atomic E-state index is -3.12. The van der Waals surface area contributed by atoms with Crippen molar-refractivity contribution in [2.24, 2.45) is 0 Å². The Morgan fingerprint density at radius 1 is 1.30 bits per heavy atom. The maximum Gasteiger partial charge on any atom is 0.269 e. The number of halogens is 2. The first-order valence-electron chi connectivity index (χ1n) is 7.70. The van der Waals surface area contributed by atoms with Crippen molar-refractivity contribution in [1.82, 2.24) is 24.5 Å². The van der Waals surface area contributed by atoms with E-state index < -0.39 is 22.0 Å². The third-order valence-corrected chi connectivity index (χ3v) is 6.47. The first-order chi connectivity index (χ1) is 10.8. The molecule has 2 saturated heterocycles. The number of aromatic nitrogens is 4. The topological polar surface area (TPSA) is 84.2 Å². The van der Waals surface area contributed by atoms with E-state index in [2.05, 4.69) is 15.5 Å². The van der Waals surface area contributed by atoms with Gasteiger partial charge in [0.25, 0.3) is 5.92 Å². The van der Waals surface area contributed by atoms with Gasteiger partial charge in [-0.05, 0) is 30.2 Å². The van der Waals surface area contributed by atoms with Crippen LogP contribution in [0.25, 0.3) is 0 Å². The molecule has 2 fully saturated rings. The van der Waals surface area contributed by atoms with Crippen molar-refractivity contribution < 1.29 is 17.2 Å². The highest BCUT2D eigenvalue weighted by atomic mass is 32.2. The van der Waals surface area contributed by atoms with Gasteiger partial charge < -0.3 is 4.90 Å². The van der Waals surface area contributed by atoms with E-state index in [0.717, 1.165) is 0 Å². The summed E-state index contributed by atoms with van der Waals surface area (Å²) in [6.07, 6.45) is 0.974. The molecule has 0 aliphatic carbocycles. The fourth-order valence-electron chi connectivity index (χ4n) is 3.06. The van der Waals surface area contributed by atoms with Crippen molar-refractivity contribution in [3.8, 4) is 0 Å².